The van der Waals surface area contributed by atoms with E-state index in [0.717, 1.165) is 11.6 Å². The second-order valence-electron chi connectivity index (χ2n) is 7.31. The van der Waals surface area contributed by atoms with Crippen molar-refractivity contribution in [2.24, 2.45) is 16.5 Å². The number of aliphatic carboxylic acids is 1. The summed E-state index contributed by atoms with van der Waals surface area (Å²) in [5, 5.41) is 11.5. The summed E-state index contributed by atoms with van der Waals surface area (Å²) in [6.07, 6.45) is -5.48. The van der Waals surface area contributed by atoms with Crippen LogP contribution < -0.4 is 21.5 Å². The van der Waals surface area contributed by atoms with Gasteiger partial charge in [0.05, 0.1) is 5.57 Å². The first-order chi connectivity index (χ1) is 14.4. The van der Waals surface area contributed by atoms with Gasteiger partial charge in [0.1, 0.15) is 11.8 Å². The Morgan fingerprint density at radius 1 is 1.26 bits per heavy atom. The van der Waals surface area contributed by atoms with E-state index in [9.17, 15) is 27.9 Å². The van der Waals surface area contributed by atoms with Gasteiger partial charge in [-0.3, -0.25) is 9.79 Å². The lowest BCUT2D eigenvalue weighted by Gasteiger charge is -2.30. The number of aryl methyl sites for hydroxylation is 2. The second kappa shape index (κ2) is 9.71. The van der Waals surface area contributed by atoms with Crippen LogP contribution in [0.2, 0.25) is 0 Å². The molecular formula is C20H25F3N4O4. The minimum Gasteiger partial charge on any atom is -0.480 e. The minimum absolute atomic E-state index is 0.000689. The molecule has 2 atom stereocenters. The zero-order chi connectivity index (χ0) is 23.3. The Labute approximate surface area is 177 Å². The van der Waals surface area contributed by atoms with Crippen molar-refractivity contribution < 1.29 is 32.6 Å². The van der Waals surface area contributed by atoms with E-state index in [0.29, 0.717) is 24.0 Å². The Balaban J connectivity index is 2.23. The van der Waals surface area contributed by atoms with Crippen LogP contribution in [0.5, 0.6) is 5.75 Å². The third-order valence-electron chi connectivity index (χ3n) is 4.64. The molecule has 1 aromatic rings. The number of carbonyl (C=O) groups excluding carboxylic acids is 1. The molecule has 0 saturated carbocycles. The van der Waals surface area contributed by atoms with E-state index in [2.05, 4.69) is 10.3 Å². The molecule has 0 fully saturated rings. The summed E-state index contributed by atoms with van der Waals surface area (Å²) in [6.45, 7) is 3.65. The lowest BCUT2D eigenvalue weighted by Crippen LogP contribution is -2.47. The van der Waals surface area contributed by atoms with E-state index in [1.807, 2.05) is 0 Å². The number of ether oxygens (including phenoxy) is 1. The number of guanidine groups is 1. The summed E-state index contributed by atoms with van der Waals surface area (Å²) >= 11 is 0. The summed E-state index contributed by atoms with van der Waals surface area (Å²) in [5.74, 6) is -2.57. The molecule has 8 nitrogen and oxygen atoms in total. The number of carboxylic acid groups (broad SMARTS) is 1. The van der Waals surface area contributed by atoms with E-state index in [1.165, 1.54) is 0 Å². The summed E-state index contributed by atoms with van der Waals surface area (Å²) in [7, 11) is 0. The fourth-order valence-electron chi connectivity index (χ4n) is 3.28. The number of hydrogen-bond donors (Lipinski definition) is 4. The number of alkyl halides is 3. The van der Waals surface area contributed by atoms with Crippen molar-refractivity contribution in [1.29, 1.82) is 0 Å². The molecule has 1 amide bonds. The van der Waals surface area contributed by atoms with Gasteiger partial charge >= 0.3 is 12.1 Å². The number of halogens is 3. The summed E-state index contributed by atoms with van der Waals surface area (Å²) in [6, 6.07) is 1.90. The highest BCUT2D eigenvalue weighted by Gasteiger charge is 2.48. The standard InChI is InChI=1S/C20H25F3N4O4/c1-10-7-11(2)15-12(8-10)9-13(16(31-15)20(21,22)23)17(28)27-14(18(29)30)5-3-4-6-26-19(24)25/h7-9,14,16H,3-6H2,1-2H3,(H,27,28)(H,29,30)(H4,24,25,26)/t14?,16-/m0/s1. The maximum absolute atomic E-state index is 13.6. The van der Waals surface area contributed by atoms with E-state index < -0.39 is 35.8 Å². The number of carboxylic acids is 1. The topological polar surface area (TPSA) is 140 Å². The number of fused-ring (bicyclic) bond motifs is 1. The average Bonchev–Trinajstić information content (AvgIpc) is 2.64. The van der Waals surface area contributed by atoms with E-state index >= 15 is 0 Å². The van der Waals surface area contributed by atoms with Crippen molar-refractivity contribution in [3.63, 3.8) is 0 Å². The molecule has 1 unspecified atom stereocenters. The number of carbonyl (C=O) groups is 2. The number of hydrogen-bond acceptors (Lipinski definition) is 4. The smallest absolute Gasteiger partial charge is 0.429 e. The zero-order valence-corrected chi connectivity index (χ0v) is 17.1. The van der Waals surface area contributed by atoms with Crippen LogP contribution in [0.15, 0.2) is 22.7 Å². The first kappa shape index (κ1) is 24.0. The number of aliphatic imine (C=N–C) groups is 1. The van der Waals surface area contributed by atoms with Crippen LogP contribution in [-0.2, 0) is 9.59 Å². The van der Waals surface area contributed by atoms with Crippen LogP contribution in [0.1, 0.15) is 36.0 Å². The highest BCUT2D eigenvalue weighted by molar-refractivity contribution is 6.01. The first-order valence-electron chi connectivity index (χ1n) is 9.55. The third-order valence-corrected chi connectivity index (χ3v) is 4.64. The third kappa shape index (κ3) is 6.37. The predicted molar refractivity (Wildman–Crippen MR) is 108 cm³/mol. The van der Waals surface area contributed by atoms with Crippen molar-refractivity contribution in [3.8, 4) is 5.75 Å². The van der Waals surface area contributed by atoms with Gasteiger partial charge in [0, 0.05) is 12.1 Å². The van der Waals surface area contributed by atoms with Crippen molar-refractivity contribution in [1.82, 2.24) is 5.32 Å². The Morgan fingerprint density at radius 2 is 1.94 bits per heavy atom. The Morgan fingerprint density at radius 3 is 2.52 bits per heavy atom. The average molecular weight is 442 g/mol. The highest BCUT2D eigenvalue weighted by Crippen LogP contribution is 2.39. The fraction of sp³-hybridized carbons (Fsp3) is 0.450. The molecule has 6 N–H and O–H groups in total. The molecule has 1 aromatic carbocycles. The molecule has 2 rings (SSSR count). The molecule has 0 bridgehead atoms. The molecular weight excluding hydrogens is 417 g/mol. The second-order valence-corrected chi connectivity index (χ2v) is 7.31. The monoisotopic (exact) mass is 442 g/mol. The van der Waals surface area contributed by atoms with Gasteiger partial charge in [-0.1, -0.05) is 11.6 Å². The maximum Gasteiger partial charge on any atom is 0.429 e. The Hall–Kier alpha value is -3.24. The van der Waals surface area contributed by atoms with Gasteiger partial charge in [0.2, 0.25) is 6.10 Å². The molecule has 0 aromatic heterocycles. The minimum atomic E-state index is -4.86. The van der Waals surface area contributed by atoms with Gasteiger partial charge in [0.25, 0.3) is 5.91 Å². The SMILES string of the molecule is Cc1cc(C)c2c(c1)C=C(C(=O)NC(CCCCN=C(N)N)C(=O)O)[C@@H](C(F)(F)F)O2. The molecule has 0 aliphatic carbocycles. The number of rotatable bonds is 8. The van der Waals surface area contributed by atoms with Gasteiger partial charge in [-0.2, -0.15) is 13.2 Å². The van der Waals surface area contributed by atoms with Gasteiger partial charge < -0.3 is 26.6 Å². The summed E-state index contributed by atoms with van der Waals surface area (Å²) in [5.41, 5.74) is 11.3. The van der Waals surface area contributed by atoms with Gasteiger partial charge in [0.15, 0.2) is 5.96 Å². The molecule has 0 radical (unpaired) electrons. The molecule has 1 heterocycles. The van der Waals surface area contributed by atoms with E-state index in [-0.39, 0.29) is 24.7 Å². The van der Waals surface area contributed by atoms with Crippen LogP contribution in [0.3, 0.4) is 0 Å². The number of unbranched alkanes of at least 4 members (excludes halogenated alkanes) is 1. The van der Waals surface area contributed by atoms with E-state index in [4.69, 9.17) is 16.2 Å². The number of amides is 1. The van der Waals surface area contributed by atoms with Crippen molar-refractivity contribution in [2.45, 2.75) is 51.4 Å². The zero-order valence-electron chi connectivity index (χ0n) is 17.1. The summed E-state index contributed by atoms with van der Waals surface area (Å²) < 4.78 is 46.0. The highest BCUT2D eigenvalue weighted by atomic mass is 19.4. The molecule has 31 heavy (non-hydrogen) atoms. The lowest BCUT2D eigenvalue weighted by atomic mass is 9.96. The van der Waals surface area contributed by atoms with Crippen LogP contribution in [0, 0.1) is 13.8 Å². The molecule has 1 aliphatic heterocycles. The number of nitrogens with two attached hydrogens (primary N) is 2. The number of benzene rings is 1. The number of nitrogens with zero attached hydrogens (tertiary/aromatic N) is 1. The number of nitrogens with one attached hydrogen (secondary N) is 1. The van der Waals surface area contributed by atoms with Crippen LogP contribution in [-0.4, -0.2) is 47.8 Å². The van der Waals surface area contributed by atoms with Crippen LogP contribution in [0.25, 0.3) is 6.08 Å². The van der Waals surface area contributed by atoms with E-state index in [1.54, 1.807) is 26.0 Å². The van der Waals surface area contributed by atoms with Crippen molar-refractivity contribution in [2.75, 3.05) is 6.54 Å². The van der Waals surface area contributed by atoms with Gasteiger partial charge in [-0.15, -0.1) is 0 Å². The maximum atomic E-state index is 13.6. The Bertz CT molecular complexity index is 908. The molecule has 11 heteroatoms. The van der Waals surface area contributed by atoms with Crippen molar-refractivity contribution in [3.05, 3.63) is 34.4 Å². The first-order valence-corrected chi connectivity index (χ1v) is 9.55. The molecule has 0 saturated heterocycles. The largest absolute Gasteiger partial charge is 0.480 e. The lowest BCUT2D eigenvalue weighted by molar-refractivity contribution is -0.185. The molecule has 1 aliphatic rings. The Kier molecular flexibility index (Phi) is 7.53. The molecule has 170 valence electrons. The quantitative estimate of drug-likeness (QED) is 0.276. The van der Waals surface area contributed by atoms with Crippen LogP contribution >= 0.6 is 0 Å². The fourth-order valence-corrected chi connectivity index (χ4v) is 3.28. The molecule has 0 spiro atoms. The summed E-state index contributed by atoms with van der Waals surface area (Å²) in [4.78, 5) is 27.9. The van der Waals surface area contributed by atoms with Crippen LogP contribution in [0.4, 0.5) is 13.2 Å². The normalized spacial score (nSPS) is 16.4. The van der Waals surface area contributed by atoms with Crippen molar-refractivity contribution >= 4 is 23.9 Å². The van der Waals surface area contributed by atoms with Gasteiger partial charge in [-0.05, 0) is 50.8 Å². The van der Waals surface area contributed by atoms with Gasteiger partial charge in [-0.25, -0.2) is 4.79 Å². The predicted octanol–water partition coefficient (Wildman–Crippen LogP) is 2.02.